The number of alkyl halides is 3. The summed E-state index contributed by atoms with van der Waals surface area (Å²) in [6.45, 7) is 0. The van der Waals surface area contributed by atoms with E-state index in [2.05, 4.69) is 10.1 Å². The molecular weight excluding hydrogens is 394 g/mol. The van der Waals surface area contributed by atoms with Crippen molar-refractivity contribution < 1.29 is 22.8 Å². The van der Waals surface area contributed by atoms with E-state index in [1.54, 1.807) is 0 Å². The van der Waals surface area contributed by atoms with Crippen molar-refractivity contribution >= 4 is 34.8 Å². The Morgan fingerprint density at radius 2 is 2.04 bits per heavy atom. The Kier molecular flexibility index (Phi) is 6.09. The van der Waals surface area contributed by atoms with Gasteiger partial charge in [0.05, 0.1) is 21.2 Å². The van der Waals surface area contributed by atoms with Crippen molar-refractivity contribution in [3.8, 4) is 0 Å². The first-order valence-corrected chi connectivity index (χ1v) is 7.81. The zero-order valence-electron chi connectivity index (χ0n) is 13.3. The number of oxime groups is 1. The van der Waals surface area contributed by atoms with Crippen LogP contribution in [0.5, 0.6) is 0 Å². The van der Waals surface area contributed by atoms with Crippen molar-refractivity contribution in [3.05, 3.63) is 62.9 Å². The number of pyridine rings is 1. The van der Waals surface area contributed by atoms with Gasteiger partial charge in [-0.05, 0) is 17.7 Å². The number of hydrogen-bond acceptors (Lipinski definition) is 4. The molecule has 0 aliphatic rings. The van der Waals surface area contributed by atoms with Crippen LogP contribution in [0, 0.1) is 0 Å². The monoisotopic (exact) mass is 405 g/mol. The van der Waals surface area contributed by atoms with Crippen molar-refractivity contribution in [2.24, 2.45) is 10.9 Å². The SMILES string of the molecule is CON=C(Cc1cccc(C(N)=O)c1C(F)(F)F)c1ncc(Cl)cc1Cl. The van der Waals surface area contributed by atoms with Gasteiger partial charge in [-0.15, -0.1) is 0 Å². The van der Waals surface area contributed by atoms with E-state index in [-0.39, 0.29) is 33.4 Å². The molecule has 2 rings (SSSR count). The van der Waals surface area contributed by atoms with Gasteiger partial charge >= 0.3 is 6.18 Å². The molecule has 0 fully saturated rings. The third-order valence-corrected chi connectivity index (χ3v) is 3.84. The molecule has 0 spiro atoms. The van der Waals surface area contributed by atoms with Crippen LogP contribution >= 0.6 is 23.2 Å². The van der Waals surface area contributed by atoms with E-state index >= 15 is 0 Å². The number of carbonyl (C=O) groups is 1. The fourth-order valence-corrected chi connectivity index (χ4v) is 2.85. The minimum atomic E-state index is -4.80. The highest BCUT2D eigenvalue weighted by molar-refractivity contribution is 6.36. The Hall–Kier alpha value is -2.32. The highest BCUT2D eigenvalue weighted by Gasteiger charge is 2.37. The summed E-state index contributed by atoms with van der Waals surface area (Å²) in [5.74, 6) is -1.19. The van der Waals surface area contributed by atoms with Crippen molar-refractivity contribution in [1.82, 2.24) is 4.98 Å². The number of nitrogens with zero attached hydrogens (tertiary/aromatic N) is 2. The minimum absolute atomic E-state index is 0.0290. The van der Waals surface area contributed by atoms with E-state index in [0.29, 0.717) is 0 Å². The zero-order chi connectivity index (χ0) is 19.5. The predicted octanol–water partition coefficient (Wildman–Crippen LogP) is 4.10. The number of hydrogen-bond donors (Lipinski definition) is 1. The maximum absolute atomic E-state index is 13.5. The molecule has 1 aromatic heterocycles. The molecule has 0 unspecified atom stereocenters. The molecule has 0 bridgehead atoms. The summed E-state index contributed by atoms with van der Waals surface area (Å²) < 4.78 is 40.5. The number of aromatic nitrogens is 1. The van der Waals surface area contributed by atoms with Gasteiger partial charge < -0.3 is 10.6 Å². The van der Waals surface area contributed by atoms with Gasteiger partial charge in [0.1, 0.15) is 18.5 Å². The second kappa shape index (κ2) is 7.92. The Morgan fingerprint density at radius 1 is 1.35 bits per heavy atom. The Balaban J connectivity index is 2.59. The summed E-state index contributed by atoms with van der Waals surface area (Å²) in [5.41, 5.74) is 3.22. The molecule has 0 saturated heterocycles. The first-order valence-electron chi connectivity index (χ1n) is 7.05. The van der Waals surface area contributed by atoms with Crippen molar-refractivity contribution in [3.63, 3.8) is 0 Å². The molecular formula is C16H12Cl2F3N3O2. The smallest absolute Gasteiger partial charge is 0.399 e. The van der Waals surface area contributed by atoms with Crippen LogP contribution in [0.2, 0.25) is 10.0 Å². The van der Waals surface area contributed by atoms with Crippen molar-refractivity contribution in [1.29, 1.82) is 0 Å². The normalized spacial score (nSPS) is 12.2. The third kappa shape index (κ3) is 4.44. The molecule has 2 aromatic rings. The summed E-state index contributed by atoms with van der Waals surface area (Å²) in [4.78, 5) is 20.1. The maximum atomic E-state index is 13.5. The van der Waals surface area contributed by atoms with Gasteiger partial charge in [0.15, 0.2) is 0 Å². The van der Waals surface area contributed by atoms with Gasteiger partial charge in [-0.1, -0.05) is 40.5 Å². The average molecular weight is 406 g/mol. The number of primary amides is 1. The lowest BCUT2D eigenvalue weighted by Crippen LogP contribution is -2.22. The maximum Gasteiger partial charge on any atom is 0.417 e. The fourth-order valence-electron chi connectivity index (χ4n) is 2.36. The van der Waals surface area contributed by atoms with E-state index < -0.39 is 23.2 Å². The third-order valence-electron chi connectivity index (χ3n) is 3.34. The molecule has 10 heteroatoms. The lowest BCUT2D eigenvalue weighted by Gasteiger charge is -2.16. The lowest BCUT2D eigenvalue weighted by atomic mass is 9.95. The Morgan fingerprint density at radius 3 is 2.58 bits per heavy atom. The first-order chi connectivity index (χ1) is 12.1. The van der Waals surface area contributed by atoms with E-state index in [0.717, 1.165) is 6.07 Å². The molecule has 0 saturated carbocycles. The number of carbonyl (C=O) groups excluding carboxylic acids is 1. The van der Waals surface area contributed by atoms with Gasteiger partial charge in [0.25, 0.3) is 0 Å². The highest BCUT2D eigenvalue weighted by atomic mass is 35.5. The second-order valence-electron chi connectivity index (χ2n) is 5.08. The van der Waals surface area contributed by atoms with Gasteiger partial charge in [-0.2, -0.15) is 13.2 Å². The summed E-state index contributed by atoms with van der Waals surface area (Å²) in [7, 11) is 1.23. The second-order valence-corrected chi connectivity index (χ2v) is 5.93. The summed E-state index contributed by atoms with van der Waals surface area (Å²) in [6, 6.07) is 4.90. The van der Waals surface area contributed by atoms with Crippen LogP contribution in [0.15, 0.2) is 35.6 Å². The number of nitrogens with two attached hydrogens (primary N) is 1. The van der Waals surface area contributed by atoms with Crippen LogP contribution < -0.4 is 5.73 Å². The highest BCUT2D eigenvalue weighted by Crippen LogP contribution is 2.35. The molecule has 2 N–H and O–H groups in total. The molecule has 1 amide bonds. The molecule has 0 atom stereocenters. The van der Waals surface area contributed by atoms with Crippen LogP contribution in [0.1, 0.15) is 27.2 Å². The fraction of sp³-hybridized carbons (Fsp3) is 0.188. The molecule has 0 aliphatic carbocycles. The Labute approximate surface area is 156 Å². The van der Waals surface area contributed by atoms with Gasteiger partial charge in [0, 0.05) is 12.6 Å². The predicted molar refractivity (Wildman–Crippen MR) is 91.5 cm³/mol. The number of amides is 1. The van der Waals surface area contributed by atoms with E-state index in [1.165, 1.54) is 31.5 Å². The van der Waals surface area contributed by atoms with E-state index in [1.807, 2.05) is 0 Å². The molecule has 0 aliphatic heterocycles. The molecule has 26 heavy (non-hydrogen) atoms. The largest absolute Gasteiger partial charge is 0.417 e. The van der Waals surface area contributed by atoms with E-state index in [9.17, 15) is 18.0 Å². The van der Waals surface area contributed by atoms with Crippen molar-refractivity contribution in [2.45, 2.75) is 12.6 Å². The number of benzene rings is 1. The summed E-state index contributed by atoms with van der Waals surface area (Å²) in [5, 5.41) is 4.06. The van der Waals surface area contributed by atoms with Crippen LogP contribution in [0.25, 0.3) is 0 Å². The van der Waals surface area contributed by atoms with Gasteiger partial charge in [-0.25, -0.2) is 0 Å². The summed E-state index contributed by atoms with van der Waals surface area (Å²) in [6.07, 6.45) is -3.87. The zero-order valence-corrected chi connectivity index (χ0v) is 14.8. The van der Waals surface area contributed by atoms with Crippen LogP contribution in [-0.4, -0.2) is 23.7 Å². The van der Waals surface area contributed by atoms with E-state index in [4.69, 9.17) is 33.8 Å². The molecule has 1 heterocycles. The average Bonchev–Trinajstić information content (AvgIpc) is 2.53. The minimum Gasteiger partial charge on any atom is -0.399 e. The van der Waals surface area contributed by atoms with Gasteiger partial charge in [0.2, 0.25) is 5.91 Å². The number of rotatable bonds is 5. The number of halogens is 5. The standard InChI is InChI=1S/C16H12Cl2F3N3O2/c1-26-24-12(14-11(18)6-9(17)7-23-14)5-8-3-2-4-10(15(22)25)13(8)16(19,20)21/h2-4,6-7H,5H2,1H3,(H2,22,25). The lowest BCUT2D eigenvalue weighted by molar-refractivity contribution is -0.138. The van der Waals surface area contributed by atoms with Crippen LogP contribution in [0.4, 0.5) is 13.2 Å². The van der Waals surface area contributed by atoms with Crippen molar-refractivity contribution in [2.75, 3.05) is 7.11 Å². The van der Waals surface area contributed by atoms with Crippen LogP contribution in [0.3, 0.4) is 0 Å². The topological polar surface area (TPSA) is 77.6 Å². The molecule has 5 nitrogen and oxygen atoms in total. The molecule has 0 radical (unpaired) electrons. The van der Waals surface area contributed by atoms with Crippen LogP contribution in [-0.2, 0) is 17.4 Å². The first kappa shape index (κ1) is 20.0. The summed E-state index contributed by atoms with van der Waals surface area (Å²) >= 11 is 11.8. The quantitative estimate of drug-likeness (QED) is 0.600. The van der Waals surface area contributed by atoms with Gasteiger partial charge in [-0.3, -0.25) is 9.78 Å². The molecule has 138 valence electrons. The molecule has 1 aromatic carbocycles. The Bertz CT molecular complexity index is 870.